The van der Waals surface area contributed by atoms with Crippen molar-refractivity contribution in [3.8, 4) is 0 Å². The fourth-order valence-corrected chi connectivity index (χ4v) is 1.60. The summed E-state index contributed by atoms with van der Waals surface area (Å²) >= 11 is 5.96. The van der Waals surface area contributed by atoms with Crippen molar-refractivity contribution in [2.45, 2.75) is 26.9 Å². The van der Waals surface area contributed by atoms with Gasteiger partial charge in [0.1, 0.15) is 17.6 Å². The topological polar surface area (TPSA) is 38.2 Å². The van der Waals surface area contributed by atoms with Gasteiger partial charge in [0.25, 0.3) is 0 Å². The molecule has 0 aliphatic rings. The van der Waals surface area contributed by atoms with Crippen LogP contribution < -0.4 is 4.90 Å². The maximum absolute atomic E-state index is 5.96. The quantitative estimate of drug-likeness (QED) is 0.735. The highest BCUT2D eigenvalue weighted by Crippen LogP contribution is 2.16. The Morgan fingerprint density at radius 3 is 2.71 bits per heavy atom. The first kappa shape index (κ1) is 14.2. The summed E-state index contributed by atoms with van der Waals surface area (Å²) in [6.45, 7) is 5.75. The van der Waals surface area contributed by atoms with Gasteiger partial charge in [-0.25, -0.2) is 9.97 Å². The summed E-state index contributed by atoms with van der Waals surface area (Å²) in [4.78, 5) is 10.6. The van der Waals surface area contributed by atoms with Gasteiger partial charge in [-0.2, -0.15) is 0 Å². The van der Waals surface area contributed by atoms with Gasteiger partial charge in [0, 0.05) is 26.8 Å². The lowest BCUT2D eigenvalue weighted by atomic mass is 10.1. The third-order valence-electron chi connectivity index (χ3n) is 2.43. The van der Waals surface area contributed by atoms with Gasteiger partial charge in [0.05, 0.1) is 0 Å². The summed E-state index contributed by atoms with van der Waals surface area (Å²) in [6, 6.07) is 1.78. The van der Waals surface area contributed by atoms with E-state index in [2.05, 4.69) is 28.7 Å². The molecular weight excluding hydrogens is 238 g/mol. The maximum atomic E-state index is 5.96. The van der Waals surface area contributed by atoms with Crippen molar-refractivity contribution in [2.24, 2.45) is 5.92 Å². The van der Waals surface area contributed by atoms with Gasteiger partial charge in [-0.05, 0) is 12.3 Å². The average Bonchev–Trinajstić information content (AvgIpc) is 2.25. The van der Waals surface area contributed by atoms with Crippen LogP contribution in [0.2, 0.25) is 5.15 Å². The van der Waals surface area contributed by atoms with E-state index in [1.807, 2.05) is 7.05 Å². The van der Waals surface area contributed by atoms with Gasteiger partial charge in [-0.15, -0.1) is 0 Å². The second kappa shape index (κ2) is 6.77. The van der Waals surface area contributed by atoms with Gasteiger partial charge in [0.2, 0.25) is 0 Å². The molecule has 1 heterocycles. The van der Waals surface area contributed by atoms with Crippen LogP contribution in [0.25, 0.3) is 0 Å². The van der Waals surface area contributed by atoms with Crippen LogP contribution in [-0.4, -0.2) is 30.7 Å². The molecule has 0 unspecified atom stereocenters. The number of halogens is 1. The number of aromatic nitrogens is 2. The largest absolute Gasteiger partial charge is 0.377 e. The highest BCUT2D eigenvalue weighted by molar-refractivity contribution is 6.29. The van der Waals surface area contributed by atoms with Crippen molar-refractivity contribution in [1.82, 2.24) is 9.97 Å². The van der Waals surface area contributed by atoms with E-state index in [1.54, 1.807) is 13.2 Å². The molecule has 0 bridgehead atoms. The lowest BCUT2D eigenvalue weighted by Gasteiger charge is -2.19. The van der Waals surface area contributed by atoms with E-state index in [1.165, 1.54) is 0 Å². The van der Waals surface area contributed by atoms with Crippen LogP contribution in [0.15, 0.2) is 6.07 Å². The van der Waals surface area contributed by atoms with Crippen molar-refractivity contribution in [3.63, 3.8) is 0 Å². The normalized spacial score (nSPS) is 10.9. The molecule has 0 saturated heterocycles. The van der Waals surface area contributed by atoms with Crippen LogP contribution in [0.5, 0.6) is 0 Å². The van der Waals surface area contributed by atoms with Gasteiger partial charge in [-0.1, -0.05) is 25.4 Å². The van der Waals surface area contributed by atoms with E-state index < -0.39 is 0 Å². The Morgan fingerprint density at radius 2 is 2.12 bits per heavy atom. The van der Waals surface area contributed by atoms with Crippen molar-refractivity contribution in [3.05, 3.63) is 17.0 Å². The van der Waals surface area contributed by atoms with E-state index in [4.69, 9.17) is 16.3 Å². The van der Waals surface area contributed by atoms with Gasteiger partial charge >= 0.3 is 0 Å². The van der Waals surface area contributed by atoms with Crippen molar-refractivity contribution < 1.29 is 4.74 Å². The predicted octanol–water partition coefficient (Wildman–Crippen LogP) is 2.76. The summed E-state index contributed by atoms with van der Waals surface area (Å²) in [5, 5.41) is 0.457. The second-order valence-electron chi connectivity index (χ2n) is 4.50. The molecule has 0 spiro atoms. The zero-order chi connectivity index (χ0) is 12.8. The van der Waals surface area contributed by atoms with Crippen LogP contribution in [-0.2, 0) is 11.3 Å². The Labute approximate surface area is 108 Å². The van der Waals surface area contributed by atoms with Crippen LogP contribution >= 0.6 is 11.6 Å². The van der Waals surface area contributed by atoms with E-state index >= 15 is 0 Å². The van der Waals surface area contributed by atoms with E-state index in [-0.39, 0.29) is 0 Å². The second-order valence-corrected chi connectivity index (χ2v) is 4.89. The Balaban J connectivity index is 2.74. The average molecular weight is 258 g/mol. The van der Waals surface area contributed by atoms with Crippen LogP contribution in [0.1, 0.15) is 26.1 Å². The molecule has 96 valence electrons. The zero-order valence-corrected chi connectivity index (χ0v) is 11.7. The highest BCUT2D eigenvalue weighted by Gasteiger charge is 2.08. The first-order chi connectivity index (χ1) is 8.02. The minimum Gasteiger partial charge on any atom is -0.377 e. The number of ether oxygens (including phenoxy) is 1. The molecule has 0 saturated carbocycles. The molecule has 5 heteroatoms. The lowest BCUT2D eigenvalue weighted by Crippen LogP contribution is -2.21. The zero-order valence-electron chi connectivity index (χ0n) is 10.9. The third kappa shape index (κ3) is 4.88. The minimum atomic E-state index is 0.381. The molecule has 17 heavy (non-hydrogen) atoms. The van der Waals surface area contributed by atoms with E-state index in [0.29, 0.717) is 23.5 Å². The molecule has 0 atom stereocenters. The molecule has 0 N–H and O–H groups in total. The third-order valence-corrected chi connectivity index (χ3v) is 2.63. The summed E-state index contributed by atoms with van der Waals surface area (Å²) in [5.41, 5.74) is 0. The number of hydrogen-bond acceptors (Lipinski definition) is 4. The Bertz CT molecular complexity index is 358. The highest BCUT2D eigenvalue weighted by atomic mass is 35.5. The summed E-state index contributed by atoms with van der Waals surface area (Å²) in [7, 11) is 3.63. The van der Waals surface area contributed by atoms with Crippen molar-refractivity contribution in [2.75, 3.05) is 25.6 Å². The number of methoxy groups -OCH3 is 1. The van der Waals surface area contributed by atoms with E-state index in [9.17, 15) is 0 Å². The van der Waals surface area contributed by atoms with Gasteiger partial charge < -0.3 is 9.64 Å². The molecule has 0 fully saturated rings. The Kier molecular flexibility index (Phi) is 5.65. The Morgan fingerprint density at radius 1 is 1.41 bits per heavy atom. The fourth-order valence-electron chi connectivity index (χ4n) is 1.41. The maximum Gasteiger partial charge on any atom is 0.158 e. The SMILES string of the molecule is COCc1nc(Cl)cc(N(C)CCC(C)C)n1. The van der Waals surface area contributed by atoms with Crippen molar-refractivity contribution in [1.29, 1.82) is 0 Å². The predicted molar refractivity (Wildman–Crippen MR) is 70.5 cm³/mol. The Hall–Kier alpha value is -0.870. The number of rotatable bonds is 6. The molecule has 0 radical (unpaired) electrons. The molecule has 1 aromatic rings. The monoisotopic (exact) mass is 257 g/mol. The van der Waals surface area contributed by atoms with Gasteiger partial charge in [0.15, 0.2) is 5.82 Å². The molecule has 0 aromatic carbocycles. The van der Waals surface area contributed by atoms with Crippen molar-refractivity contribution >= 4 is 17.4 Å². The number of hydrogen-bond donors (Lipinski definition) is 0. The number of nitrogens with zero attached hydrogens (tertiary/aromatic N) is 3. The molecule has 1 aromatic heterocycles. The van der Waals surface area contributed by atoms with E-state index in [0.717, 1.165) is 18.8 Å². The van der Waals surface area contributed by atoms with Crippen LogP contribution in [0.3, 0.4) is 0 Å². The fraction of sp³-hybridized carbons (Fsp3) is 0.667. The molecule has 1 rings (SSSR count). The summed E-state index contributed by atoms with van der Waals surface area (Å²) < 4.78 is 5.01. The summed E-state index contributed by atoms with van der Waals surface area (Å²) in [6.07, 6.45) is 1.12. The molecular formula is C12H20ClN3O. The first-order valence-corrected chi connectivity index (χ1v) is 6.14. The number of anilines is 1. The van der Waals surface area contributed by atoms with Gasteiger partial charge in [-0.3, -0.25) is 0 Å². The van der Waals surface area contributed by atoms with Crippen LogP contribution in [0, 0.1) is 5.92 Å². The lowest BCUT2D eigenvalue weighted by molar-refractivity contribution is 0.178. The van der Waals surface area contributed by atoms with Crippen LogP contribution in [0.4, 0.5) is 5.82 Å². The molecule has 0 aliphatic heterocycles. The summed E-state index contributed by atoms with van der Waals surface area (Å²) in [5.74, 6) is 2.14. The smallest absolute Gasteiger partial charge is 0.158 e. The molecule has 0 aliphatic carbocycles. The molecule has 4 nitrogen and oxygen atoms in total. The molecule has 0 amide bonds. The first-order valence-electron chi connectivity index (χ1n) is 5.76. The standard InChI is InChI=1S/C12H20ClN3O/c1-9(2)5-6-16(3)12-7-10(13)14-11(15-12)8-17-4/h7,9H,5-6,8H2,1-4H3. The minimum absolute atomic E-state index is 0.381.